The molecule has 1 N–H and O–H groups in total. The van der Waals surface area contributed by atoms with Gasteiger partial charge in [-0.15, -0.1) is 0 Å². The third-order valence-electron chi connectivity index (χ3n) is 4.52. The van der Waals surface area contributed by atoms with Gasteiger partial charge in [0.1, 0.15) is 17.5 Å². The van der Waals surface area contributed by atoms with Crippen molar-refractivity contribution in [3.05, 3.63) is 47.8 Å². The lowest BCUT2D eigenvalue weighted by atomic mass is 9.90. The maximum absolute atomic E-state index is 12.8. The first-order valence-corrected chi connectivity index (χ1v) is 8.10. The van der Waals surface area contributed by atoms with Crippen LogP contribution in [0.15, 0.2) is 36.5 Å². The molecule has 1 fully saturated rings. The van der Waals surface area contributed by atoms with Crippen molar-refractivity contribution in [1.82, 2.24) is 14.7 Å². The van der Waals surface area contributed by atoms with E-state index in [1.807, 2.05) is 37.3 Å². The quantitative estimate of drug-likeness (QED) is 0.932. The molecule has 128 valence electrons. The molecule has 1 saturated heterocycles. The van der Waals surface area contributed by atoms with Crippen molar-refractivity contribution in [3.63, 3.8) is 0 Å². The van der Waals surface area contributed by atoms with Crippen molar-refractivity contribution in [2.45, 2.75) is 32.0 Å². The molecule has 0 unspecified atom stereocenters. The summed E-state index contributed by atoms with van der Waals surface area (Å²) in [4.78, 5) is 14.5. The van der Waals surface area contributed by atoms with Gasteiger partial charge in [-0.1, -0.05) is 18.2 Å². The highest BCUT2D eigenvalue weighted by Crippen LogP contribution is 2.27. The number of rotatable bonds is 3. The van der Waals surface area contributed by atoms with Gasteiger partial charge in [0, 0.05) is 19.8 Å². The third-order valence-corrected chi connectivity index (χ3v) is 4.52. The van der Waals surface area contributed by atoms with Crippen LogP contribution in [0.5, 0.6) is 5.75 Å². The van der Waals surface area contributed by atoms with Crippen molar-refractivity contribution in [3.8, 4) is 5.75 Å². The van der Waals surface area contributed by atoms with Gasteiger partial charge in [0.15, 0.2) is 0 Å². The molecule has 6 nitrogen and oxygen atoms in total. The topological polar surface area (TPSA) is 67.6 Å². The summed E-state index contributed by atoms with van der Waals surface area (Å²) in [6, 6.07) is 9.38. The second-order valence-electron chi connectivity index (χ2n) is 6.58. The molecular formula is C18H23N3O3. The highest BCUT2D eigenvalue weighted by atomic mass is 16.5. The first-order valence-electron chi connectivity index (χ1n) is 8.10. The summed E-state index contributed by atoms with van der Waals surface area (Å²) in [5, 5.41) is 14.9. The second-order valence-corrected chi connectivity index (χ2v) is 6.58. The minimum atomic E-state index is -0.976. The first-order chi connectivity index (χ1) is 11.4. The molecule has 0 spiro atoms. The number of aromatic nitrogens is 2. The lowest BCUT2D eigenvalue weighted by Gasteiger charge is -2.42. The van der Waals surface area contributed by atoms with Gasteiger partial charge in [-0.25, -0.2) is 0 Å². The van der Waals surface area contributed by atoms with Gasteiger partial charge in [-0.05, 0) is 32.4 Å². The molecule has 24 heavy (non-hydrogen) atoms. The van der Waals surface area contributed by atoms with Crippen LogP contribution in [0.3, 0.4) is 0 Å². The van der Waals surface area contributed by atoms with Gasteiger partial charge in [0.2, 0.25) is 0 Å². The molecule has 2 aromatic rings. The zero-order valence-corrected chi connectivity index (χ0v) is 14.3. The number of carbonyl (C=O) groups is 1. The van der Waals surface area contributed by atoms with Crippen LogP contribution >= 0.6 is 0 Å². The molecule has 0 radical (unpaired) electrons. The van der Waals surface area contributed by atoms with Gasteiger partial charge in [0.05, 0.1) is 17.8 Å². The maximum Gasteiger partial charge on any atom is 0.257 e. The van der Waals surface area contributed by atoms with E-state index < -0.39 is 11.7 Å². The number of likely N-dealkylation sites (tertiary alicyclic amines) is 1. The van der Waals surface area contributed by atoms with Crippen molar-refractivity contribution in [2.75, 3.05) is 13.1 Å². The van der Waals surface area contributed by atoms with Gasteiger partial charge < -0.3 is 14.7 Å². The maximum atomic E-state index is 12.8. The number of hydrogen-bond acceptors (Lipinski definition) is 4. The molecule has 2 heterocycles. The molecule has 1 aromatic heterocycles. The molecule has 0 aliphatic carbocycles. The van der Waals surface area contributed by atoms with Crippen molar-refractivity contribution in [2.24, 2.45) is 7.05 Å². The minimum Gasteiger partial charge on any atom is -0.486 e. The Balaban J connectivity index is 1.77. The number of aryl methyl sites for hydroxylation is 2. The Bertz CT molecular complexity index is 724. The van der Waals surface area contributed by atoms with Crippen LogP contribution in [0.4, 0.5) is 0 Å². The summed E-state index contributed by atoms with van der Waals surface area (Å²) < 4.78 is 7.60. The smallest absolute Gasteiger partial charge is 0.257 e. The number of carbonyl (C=O) groups excluding carboxylic acids is 1. The predicted molar refractivity (Wildman–Crippen MR) is 89.9 cm³/mol. The molecular weight excluding hydrogens is 306 g/mol. The number of benzene rings is 1. The fourth-order valence-electron chi connectivity index (χ4n) is 3.00. The average Bonchev–Trinajstić information content (AvgIpc) is 2.88. The summed E-state index contributed by atoms with van der Waals surface area (Å²) >= 11 is 0. The number of hydrogen-bond donors (Lipinski definition) is 1. The molecule has 0 saturated carbocycles. The monoisotopic (exact) mass is 329 g/mol. The molecule has 1 aliphatic heterocycles. The highest BCUT2D eigenvalue weighted by molar-refractivity contribution is 5.95. The van der Waals surface area contributed by atoms with Crippen molar-refractivity contribution < 1.29 is 14.6 Å². The summed E-state index contributed by atoms with van der Waals surface area (Å²) in [5.41, 5.74) is 0.328. The molecule has 0 bridgehead atoms. The van der Waals surface area contributed by atoms with E-state index in [0.29, 0.717) is 36.5 Å². The largest absolute Gasteiger partial charge is 0.486 e. The van der Waals surface area contributed by atoms with E-state index in [-0.39, 0.29) is 5.91 Å². The lowest BCUT2D eigenvalue weighted by Crippen LogP contribution is -2.57. The van der Waals surface area contributed by atoms with E-state index in [4.69, 9.17) is 4.74 Å². The number of ether oxygens (including phenoxy) is 1. The number of aliphatic hydroxyl groups is 1. The Morgan fingerprint density at radius 2 is 2.08 bits per heavy atom. The molecule has 1 amide bonds. The van der Waals surface area contributed by atoms with Gasteiger partial charge in [-0.3, -0.25) is 9.48 Å². The minimum absolute atomic E-state index is 0.0715. The number of para-hydroxylation sites is 1. The van der Waals surface area contributed by atoms with E-state index in [9.17, 15) is 9.90 Å². The number of piperidine rings is 1. The second kappa shape index (κ2) is 6.28. The van der Waals surface area contributed by atoms with Crippen LogP contribution in [-0.4, -0.2) is 50.5 Å². The van der Waals surface area contributed by atoms with Crippen LogP contribution < -0.4 is 4.74 Å². The Hall–Kier alpha value is -2.34. The van der Waals surface area contributed by atoms with Crippen LogP contribution in [0.2, 0.25) is 0 Å². The lowest BCUT2D eigenvalue weighted by molar-refractivity contribution is -0.0881. The summed E-state index contributed by atoms with van der Waals surface area (Å²) in [6.45, 7) is 4.42. The Labute approximate surface area is 141 Å². The molecule has 2 atom stereocenters. The van der Waals surface area contributed by atoms with E-state index in [1.165, 1.54) is 0 Å². The average molecular weight is 329 g/mol. The van der Waals surface area contributed by atoms with E-state index in [2.05, 4.69) is 5.10 Å². The van der Waals surface area contributed by atoms with E-state index >= 15 is 0 Å². The predicted octanol–water partition coefficient (Wildman–Crippen LogP) is 1.77. The van der Waals surface area contributed by atoms with Crippen LogP contribution in [0, 0.1) is 6.92 Å². The van der Waals surface area contributed by atoms with Crippen molar-refractivity contribution in [1.29, 1.82) is 0 Å². The number of amides is 1. The third kappa shape index (κ3) is 3.28. The molecule has 1 aliphatic rings. The first kappa shape index (κ1) is 16.5. The summed E-state index contributed by atoms with van der Waals surface area (Å²) in [7, 11) is 1.80. The Morgan fingerprint density at radius 3 is 2.71 bits per heavy atom. The Kier molecular flexibility index (Phi) is 4.32. The van der Waals surface area contributed by atoms with Crippen LogP contribution in [-0.2, 0) is 7.05 Å². The van der Waals surface area contributed by atoms with Crippen LogP contribution in [0.1, 0.15) is 29.4 Å². The van der Waals surface area contributed by atoms with Gasteiger partial charge in [-0.2, -0.15) is 5.10 Å². The Morgan fingerprint density at radius 1 is 1.38 bits per heavy atom. The van der Waals surface area contributed by atoms with E-state index in [0.717, 1.165) is 0 Å². The molecule has 1 aromatic carbocycles. The SMILES string of the molecule is Cc1nn(C)cc1C(=O)N1CC[C@@](C)(O)[C@H](Oc2ccccc2)C1. The standard InChI is InChI=1S/C18H23N3O3/c1-13-15(11-20(3)19-13)17(22)21-10-9-18(2,23)16(12-21)24-14-7-5-4-6-8-14/h4-8,11,16,23H,9-10,12H2,1-3H3/t16-,18-/m1/s1. The van der Waals surface area contributed by atoms with Gasteiger partial charge >= 0.3 is 0 Å². The highest BCUT2D eigenvalue weighted by Gasteiger charge is 2.41. The fourth-order valence-corrected chi connectivity index (χ4v) is 3.00. The zero-order valence-electron chi connectivity index (χ0n) is 14.3. The van der Waals surface area contributed by atoms with Crippen LogP contribution in [0.25, 0.3) is 0 Å². The zero-order chi connectivity index (χ0) is 17.3. The number of nitrogens with zero attached hydrogens (tertiary/aromatic N) is 3. The normalized spacial score (nSPS) is 24.0. The molecule has 3 rings (SSSR count). The fraction of sp³-hybridized carbons (Fsp3) is 0.444. The summed E-state index contributed by atoms with van der Waals surface area (Å²) in [6.07, 6.45) is 1.72. The summed E-state index contributed by atoms with van der Waals surface area (Å²) in [5.74, 6) is 0.618. The molecule has 6 heteroatoms. The van der Waals surface area contributed by atoms with Gasteiger partial charge in [0.25, 0.3) is 5.91 Å². The van der Waals surface area contributed by atoms with Crippen molar-refractivity contribution >= 4 is 5.91 Å². The van der Waals surface area contributed by atoms with E-state index in [1.54, 1.807) is 29.7 Å².